The molecule has 1 fully saturated rings. The normalized spacial score (nSPS) is 18.4. The van der Waals surface area contributed by atoms with Gasteiger partial charge in [0.15, 0.2) is 0 Å². The van der Waals surface area contributed by atoms with Gasteiger partial charge in [-0.3, -0.25) is 4.79 Å². The monoisotopic (exact) mass is 271 g/mol. The number of carbonyl (C=O) groups excluding carboxylic acids is 1. The highest BCUT2D eigenvalue weighted by atomic mass is 16.1. The summed E-state index contributed by atoms with van der Waals surface area (Å²) in [4.78, 5) is 14.4. The SMILES string of the molecule is Cc1cc(C(=O)NC2CCN(C)C2)ccc1C#CCN. The first-order valence-corrected chi connectivity index (χ1v) is 6.89. The van der Waals surface area contributed by atoms with E-state index in [2.05, 4.69) is 29.1 Å². The van der Waals surface area contributed by atoms with Crippen LogP contribution >= 0.6 is 0 Å². The molecule has 20 heavy (non-hydrogen) atoms. The average molecular weight is 271 g/mol. The van der Waals surface area contributed by atoms with E-state index in [4.69, 9.17) is 5.73 Å². The molecule has 1 unspecified atom stereocenters. The number of likely N-dealkylation sites (tertiary alicyclic amines) is 1. The zero-order chi connectivity index (χ0) is 14.5. The van der Waals surface area contributed by atoms with Crippen LogP contribution in [-0.2, 0) is 0 Å². The van der Waals surface area contributed by atoms with Crippen molar-refractivity contribution in [1.82, 2.24) is 10.2 Å². The summed E-state index contributed by atoms with van der Waals surface area (Å²) in [6, 6.07) is 5.84. The van der Waals surface area contributed by atoms with Crippen LogP contribution in [0.2, 0.25) is 0 Å². The summed E-state index contributed by atoms with van der Waals surface area (Å²) < 4.78 is 0. The van der Waals surface area contributed by atoms with Crippen molar-refractivity contribution in [3.63, 3.8) is 0 Å². The Morgan fingerprint density at radius 3 is 2.95 bits per heavy atom. The molecule has 1 heterocycles. The van der Waals surface area contributed by atoms with Crippen molar-refractivity contribution in [3.05, 3.63) is 34.9 Å². The Balaban J connectivity index is 2.05. The maximum absolute atomic E-state index is 12.2. The molecular weight excluding hydrogens is 250 g/mol. The molecule has 0 spiro atoms. The number of benzene rings is 1. The summed E-state index contributed by atoms with van der Waals surface area (Å²) in [5.41, 5.74) is 7.98. The van der Waals surface area contributed by atoms with Gasteiger partial charge < -0.3 is 16.0 Å². The number of hydrogen-bond donors (Lipinski definition) is 2. The molecule has 0 aromatic heterocycles. The third kappa shape index (κ3) is 3.60. The van der Waals surface area contributed by atoms with Gasteiger partial charge in [0.1, 0.15) is 0 Å². The maximum Gasteiger partial charge on any atom is 0.251 e. The Kier molecular flexibility index (Phi) is 4.78. The van der Waals surface area contributed by atoms with E-state index in [9.17, 15) is 4.79 Å². The molecule has 1 aromatic rings. The van der Waals surface area contributed by atoms with Crippen LogP contribution in [0.15, 0.2) is 18.2 Å². The standard InChI is InChI=1S/C16H21N3O/c1-12-10-14(6-5-13(12)4-3-8-17)16(20)18-15-7-9-19(2)11-15/h5-6,10,15H,7-9,11,17H2,1-2H3,(H,18,20). The lowest BCUT2D eigenvalue weighted by atomic mass is 10.0. The van der Waals surface area contributed by atoms with E-state index in [1.165, 1.54) is 0 Å². The second-order valence-electron chi connectivity index (χ2n) is 5.26. The minimum atomic E-state index is -0.00765. The zero-order valence-electron chi connectivity index (χ0n) is 12.1. The van der Waals surface area contributed by atoms with Crippen molar-refractivity contribution in [1.29, 1.82) is 0 Å². The molecule has 106 valence electrons. The zero-order valence-corrected chi connectivity index (χ0v) is 12.1. The first-order chi connectivity index (χ1) is 9.60. The number of amides is 1. The minimum Gasteiger partial charge on any atom is -0.348 e. The van der Waals surface area contributed by atoms with E-state index in [1.807, 2.05) is 25.1 Å². The highest BCUT2D eigenvalue weighted by Crippen LogP contribution is 2.12. The van der Waals surface area contributed by atoms with E-state index in [0.29, 0.717) is 12.1 Å². The Bertz CT molecular complexity index is 557. The van der Waals surface area contributed by atoms with Crippen LogP contribution in [0.1, 0.15) is 27.9 Å². The first-order valence-electron chi connectivity index (χ1n) is 6.89. The minimum absolute atomic E-state index is 0.00765. The first kappa shape index (κ1) is 14.6. The van der Waals surface area contributed by atoms with Crippen LogP contribution in [0.4, 0.5) is 0 Å². The smallest absolute Gasteiger partial charge is 0.251 e. The lowest BCUT2D eigenvalue weighted by Crippen LogP contribution is -2.36. The van der Waals surface area contributed by atoms with Crippen LogP contribution in [0.3, 0.4) is 0 Å². The molecular formula is C16H21N3O. The van der Waals surface area contributed by atoms with Crippen molar-refractivity contribution in [2.75, 3.05) is 26.7 Å². The van der Waals surface area contributed by atoms with Crippen molar-refractivity contribution in [2.24, 2.45) is 5.73 Å². The molecule has 3 N–H and O–H groups in total. The predicted octanol–water partition coefficient (Wildman–Crippen LogP) is 0.739. The Labute approximate surface area is 120 Å². The van der Waals surface area contributed by atoms with Gasteiger partial charge >= 0.3 is 0 Å². The number of aryl methyl sites for hydroxylation is 1. The van der Waals surface area contributed by atoms with Crippen LogP contribution in [-0.4, -0.2) is 43.5 Å². The molecule has 0 radical (unpaired) electrons. The molecule has 4 nitrogen and oxygen atoms in total. The summed E-state index contributed by atoms with van der Waals surface area (Å²) in [5.74, 6) is 5.83. The van der Waals surface area contributed by atoms with Crippen LogP contribution in [0, 0.1) is 18.8 Å². The summed E-state index contributed by atoms with van der Waals surface area (Å²) in [7, 11) is 2.07. The van der Waals surface area contributed by atoms with Gasteiger partial charge in [-0.25, -0.2) is 0 Å². The van der Waals surface area contributed by atoms with Gasteiger partial charge in [-0.05, 0) is 50.7 Å². The van der Waals surface area contributed by atoms with Gasteiger partial charge in [0.2, 0.25) is 0 Å². The number of rotatable bonds is 2. The summed E-state index contributed by atoms with van der Waals surface area (Å²) in [6.07, 6.45) is 1.02. The molecule has 0 aliphatic carbocycles. The van der Waals surface area contributed by atoms with Gasteiger partial charge in [0, 0.05) is 23.7 Å². The topological polar surface area (TPSA) is 58.4 Å². The second kappa shape index (κ2) is 6.56. The van der Waals surface area contributed by atoms with E-state index >= 15 is 0 Å². The lowest BCUT2D eigenvalue weighted by Gasteiger charge is -2.13. The van der Waals surface area contributed by atoms with Gasteiger partial charge in [-0.15, -0.1) is 0 Å². The summed E-state index contributed by atoms with van der Waals surface area (Å²) in [6.45, 7) is 4.26. The van der Waals surface area contributed by atoms with Gasteiger partial charge in [-0.2, -0.15) is 0 Å². The van der Waals surface area contributed by atoms with E-state index < -0.39 is 0 Å². The van der Waals surface area contributed by atoms with E-state index in [-0.39, 0.29) is 11.9 Å². The molecule has 1 aliphatic heterocycles. The number of nitrogens with two attached hydrogens (primary N) is 1. The lowest BCUT2D eigenvalue weighted by molar-refractivity contribution is 0.0938. The fraction of sp³-hybridized carbons (Fsp3) is 0.438. The molecule has 1 saturated heterocycles. The van der Waals surface area contributed by atoms with E-state index in [1.54, 1.807) is 0 Å². The molecule has 0 saturated carbocycles. The Morgan fingerprint density at radius 2 is 2.35 bits per heavy atom. The van der Waals surface area contributed by atoms with Crippen molar-refractivity contribution in [3.8, 4) is 11.8 Å². The maximum atomic E-state index is 12.2. The predicted molar refractivity (Wildman–Crippen MR) is 80.5 cm³/mol. The van der Waals surface area contributed by atoms with Gasteiger partial charge in [-0.1, -0.05) is 11.8 Å². The summed E-state index contributed by atoms with van der Waals surface area (Å²) in [5, 5.41) is 3.08. The molecule has 1 aromatic carbocycles. The fourth-order valence-corrected chi connectivity index (χ4v) is 2.41. The third-order valence-electron chi connectivity index (χ3n) is 3.54. The van der Waals surface area contributed by atoms with Crippen LogP contribution in [0.25, 0.3) is 0 Å². The molecule has 0 bridgehead atoms. The highest BCUT2D eigenvalue weighted by molar-refractivity contribution is 5.94. The largest absolute Gasteiger partial charge is 0.348 e. The number of carbonyl (C=O) groups is 1. The fourth-order valence-electron chi connectivity index (χ4n) is 2.41. The molecule has 1 aliphatic rings. The van der Waals surface area contributed by atoms with Crippen LogP contribution in [0.5, 0.6) is 0 Å². The highest BCUT2D eigenvalue weighted by Gasteiger charge is 2.21. The summed E-state index contributed by atoms with van der Waals surface area (Å²) >= 11 is 0. The van der Waals surface area contributed by atoms with Gasteiger partial charge in [0.05, 0.1) is 6.54 Å². The Hall–Kier alpha value is -1.83. The average Bonchev–Trinajstić information content (AvgIpc) is 2.82. The number of nitrogens with zero attached hydrogens (tertiary/aromatic N) is 1. The van der Waals surface area contributed by atoms with Gasteiger partial charge in [0.25, 0.3) is 5.91 Å². The van der Waals surface area contributed by atoms with E-state index in [0.717, 1.165) is 30.6 Å². The molecule has 1 amide bonds. The van der Waals surface area contributed by atoms with Crippen molar-refractivity contribution < 1.29 is 4.79 Å². The molecule has 1 atom stereocenters. The second-order valence-corrected chi connectivity index (χ2v) is 5.26. The quantitative estimate of drug-likeness (QED) is 0.780. The van der Waals surface area contributed by atoms with Crippen molar-refractivity contribution >= 4 is 5.91 Å². The number of nitrogens with one attached hydrogen (secondary N) is 1. The number of likely N-dealkylation sites (N-methyl/N-ethyl adjacent to an activating group) is 1. The Morgan fingerprint density at radius 1 is 1.55 bits per heavy atom. The van der Waals surface area contributed by atoms with Crippen LogP contribution < -0.4 is 11.1 Å². The van der Waals surface area contributed by atoms with Crippen molar-refractivity contribution in [2.45, 2.75) is 19.4 Å². The molecule has 2 rings (SSSR count). The molecule has 4 heteroatoms. The number of hydrogen-bond acceptors (Lipinski definition) is 3. The third-order valence-corrected chi connectivity index (χ3v) is 3.54.